The number of methoxy groups -OCH3 is 4. The van der Waals surface area contributed by atoms with Crippen LogP contribution in [0.25, 0.3) is 22.4 Å². The number of aromatic nitrogens is 1. The SMILES string of the molecule is COc1ccc2c(c1)CCc1c-2[nH]c(=O)c(C#N)c1-c1cc(OC)c(OC)c(OC)c1. The molecule has 0 atom stereocenters. The molecule has 1 aliphatic carbocycles. The number of nitrogens with zero attached hydrogens (tertiary/aromatic N) is 1. The van der Waals surface area contributed by atoms with Crippen molar-refractivity contribution in [3.05, 3.63) is 57.4 Å². The summed E-state index contributed by atoms with van der Waals surface area (Å²) in [7, 11) is 6.22. The molecular formula is C24H22N2O5. The quantitative estimate of drug-likeness (QED) is 0.679. The van der Waals surface area contributed by atoms with Crippen molar-refractivity contribution in [1.82, 2.24) is 4.98 Å². The second-order valence-corrected chi connectivity index (χ2v) is 7.11. The molecule has 0 radical (unpaired) electrons. The zero-order valence-corrected chi connectivity index (χ0v) is 17.8. The summed E-state index contributed by atoms with van der Waals surface area (Å²) in [5.74, 6) is 2.12. The summed E-state index contributed by atoms with van der Waals surface area (Å²) < 4.78 is 21.7. The Bertz CT molecular complexity index is 1250. The molecule has 7 nitrogen and oxygen atoms in total. The molecule has 0 saturated heterocycles. The van der Waals surface area contributed by atoms with Gasteiger partial charge in [0.05, 0.1) is 34.1 Å². The molecule has 0 amide bonds. The summed E-state index contributed by atoms with van der Waals surface area (Å²) >= 11 is 0. The molecule has 0 unspecified atom stereocenters. The number of aromatic amines is 1. The van der Waals surface area contributed by atoms with Crippen LogP contribution in [0.15, 0.2) is 35.1 Å². The molecule has 3 aromatic rings. The number of ether oxygens (including phenoxy) is 4. The van der Waals surface area contributed by atoms with E-state index in [0.29, 0.717) is 34.8 Å². The summed E-state index contributed by atoms with van der Waals surface area (Å²) in [6, 6.07) is 11.4. The third kappa shape index (κ3) is 3.26. The molecule has 0 fully saturated rings. The molecular weight excluding hydrogens is 396 g/mol. The molecule has 1 N–H and O–H groups in total. The number of H-pyrrole nitrogens is 1. The van der Waals surface area contributed by atoms with Crippen LogP contribution < -0.4 is 24.5 Å². The second-order valence-electron chi connectivity index (χ2n) is 7.11. The Morgan fingerprint density at radius 2 is 1.65 bits per heavy atom. The van der Waals surface area contributed by atoms with Gasteiger partial charge in [0, 0.05) is 11.1 Å². The van der Waals surface area contributed by atoms with Crippen LogP contribution in [0.5, 0.6) is 23.0 Å². The van der Waals surface area contributed by atoms with Gasteiger partial charge in [-0.05, 0) is 59.9 Å². The van der Waals surface area contributed by atoms with Crippen LogP contribution in [0.2, 0.25) is 0 Å². The van der Waals surface area contributed by atoms with Gasteiger partial charge in [-0.2, -0.15) is 5.26 Å². The number of nitrogens with one attached hydrogen (secondary N) is 1. The maximum absolute atomic E-state index is 12.9. The van der Waals surface area contributed by atoms with Crippen molar-refractivity contribution in [2.75, 3.05) is 28.4 Å². The third-order valence-electron chi connectivity index (χ3n) is 5.61. The normalized spacial score (nSPS) is 11.7. The van der Waals surface area contributed by atoms with E-state index in [1.165, 1.54) is 21.3 Å². The maximum Gasteiger partial charge on any atom is 0.266 e. The molecule has 1 aliphatic rings. The van der Waals surface area contributed by atoms with Gasteiger partial charge >= 0.3 is 0 Å². The number of nitriles is 1. The average molecular weight is 418 g/mol. The lowest BCUT2D eigenvalue weighted by atomic mass is 9.83. The number of rotatable bonds is 5. The van der Waals surface area contributed by atoms with Crippen molar-refractivity contribution in [3.8, 4) is 51.5 Å². The van der Waals surface area contributed by atoms with Crippen LogP contribution in [-0.4, -0.2) is 33.4 Å². The molecule has 0 spiro atoms. The van der Waals surface area contributed by atoms with E-state index in [1.807, 2.05) is 18.2 Å². The Morgan fingerprint density at radius 1 is 0.935 bits per heavy atom. The fourth-order valence-electron chi connectivity index (χ4n) is 4.18. The largest absolute Gasteiger partial charge is 0.497 e. The van der Waals surface area contributed by atoms with Crippen molar-refractivity contribution < 1.29 is 18.9 Å². The molecule has 0 bridgehead atoms. The molecule has 2 aromatic carbocycles. The van der Waals surface area contributed by atoms with Crippen molar-refractivity contribution in [2.45, 2.75) is 12.8 Å². The monoisotopic (exact) mass is 418 g/mol. The van der Waals surface area contributed by atoms with Crippen LogP contribution in [0.1, 0.15) is 16.7 Å². The average Bonchev–Trinajstić information content (AvgIpc) is 2.81. The lowest BCUT2D eigenvalue weighted by Crippen LogP contribution is -2.19. The molecule has 4 rings (SSSR count). The van der Waals surface area contributed by atoms with Gasteiger partial charge in [0.1, 0.15) is 17.4 Å². The van der Waals surface area contributed by atoms with Gasteiger partial charge in [-0.15, -0.1) is 0 Å². The van der Waals surface area contributed by atoms with E-state index in [0.717, 1.165) is 34.6 Å². The van der Waals surface area contributed by atoms with E-state index < -0.39 is 5.56 Å². The first kappa shape index (κ1) is 20.4. The molecule has 1 heterocycles. The van der Waals surface area contributed by atoms with Crippen molar-refractivity contribution >= 4 is 0 Å². The van der Waals surface area contributed by atoms with Gasteiger partial charge in [-0.3, -0.25) is 4.79 Å². The Kier molecular flexibility index (Phi) is 5.30. The summed E-state index contributed by atoms with van der Waals surface area (Å²) in [6.45, 7) is 0. The lowest BCUT2D eigenvalue weighted by molar-refractivity contribution is 0.324. The highest BCUT2D eigenvalue weighted by Gasteiger charge is 2.26. The smallest absolute Gasteiger partial charge is 0.266 e. The number of hydrogen-bond donors (Lipinski definition) is 1. The van der Waals surface area contributed by atoms with E-state index >= 15 is 0 Å². The predicted molar refractivity (Wildman–Crippen MR) is 116 cm³/mol. The first-order valence-corrected chi connectivity index (χ1v) is 9.73. The van der Waals surface area contributed by atoms with Crippen LogP contribution in [0, 0.1) is 11.3 Å². The number of fused-ring (bicyclic) bond motifs is 3. The van der Waals surface area contributed by atoms with Gasteiger partial charge < -0.3 is 23.9 Å². The van der Waals surface area contributed by atoms with E-state index in [1.54, 1.807) is 19.2 Å². The molecule has 7 heteroatoms. The second kappa shape index (κ2) is 8.07. The number of aryl methyl sites for hydroxylation is 1. The Balaban J connectivity index is 2.04. The van der Waals surface area contributed by atoms with Gasteiger partial charge in [0.2, 0.25) is 5.75 Å². The molecule has 0 aliphatic heterocycles. The fourth-order valence-corrected chi connectivity index (χ4v) is 4.18. The summed E-state index contributed by atoms with van der Waals surface area (Å²) in [6.07, 6.45) is 1.42. The first-order valence-electron chi connectivity index (χ1n) is 9.73. The Morgan fingerprint density at radius 3 is 2.23 bits per heavy atom. The number of pyridine rings is 1. The zero-order chi connectivity index (χ0) is 22.1. The van der Waals surface area contributed by atoms with E-state index in [-0.39, 0.29) is 5.56 Å². The van der Waals surface area contributed by atoms with Crippen LogP contribution in [-0.2, 0) is 12.8 Å². The predicted octanol–water partition coefficient (Wildman–Crippen LogP) is 3.71. The molecule has 31 heavy (non-hydrogen) atoms. The van der Waals surface area contributed by atoms with Crippen molar-refractivity contribution in [2.24, 2.45) is 0 Å². The highest BCUT2D eigenvalue weighted by atomic mass is 16.5. The van der Waals surface area contributed by atoms with Crippen LogP contribution in [0.3, 0.4) is 0 Å². The van der Waals surface area contributed by atoms with Gasteiger partial charge in [0.15, 0.2) is 11.5 Å². The Hall–Kier alpha value is -3.92. The molecule has 158 valence electrons. The minimum Gasteiger partial charge on any atom is -0.497 e. The highest BCUT2D eigenvalue weighted by molar-refractivity contribution is 5.84. The zero-order valence-electron chi connectivity index (χ0n) is 17.8. The number of hydrogen-bond acceptors (Lipinski definition) is 6. The van der Waals surface area contributed by atoms with Gasteiger partial charge in [0.25, 0.3) is 5.56 Å². The number of benzene rings is 2. The van der Waals surface area contributed by atoms with Crippen LogP contribution in [0.4, 0.5) is 0 Å². The summed E-state index contributed by atoms with van der Waals surface area (Å²) in [5.41, 5.74) is 4.51. The minimum atomic E-state index is -0.436. The van der Waals surface area contributed by atoms with E-state index in [2.05, 4.69) is 11.1 Å². The summed E-state index contributed by atoms with van der Waals surface area (Å²) in [5, 5.41) is 9.81. The van der Waals surface area contributed by atoms with Crippen LogP contribution >= 0.6 is 0 Å². The standard InChI is InChI=1S/C24H22N2O5/c1-28-15-6-8-16-13(9-15)5-7-17-21(18(12-25)24(27)26-22(16)17)14-10-19(29-2)23(31-4)20(11-14)30-3/h6,8-11H,5,7H2,1-4H3,(H,26,27). The summed E-state index contributed by atoms with van der Waals surface area (Å²) in [4.78, 5) is 15.8. The minimum absolute atomic E-state index is 0.0602. The highest BCUT2D eigenvalue weighted by Crippen LogP contribution is 2.45. The third-order valence-corrected chi connectivity index (χ3v) is 5.61. The van der Waals surface area contributed by atoms with Gasteiger partial charge in [-0.25, -0.2) is 0 Å². The Labute approximate surface area is 179 Å². The van der Waals surface area contributed by atoms with E-state index in [4.69, 9.17) is 18.9 Å². The fraction of sp³-hybridized carbons (Fsp3) is 0.250. The topological polar surface area (TPSA) is 93.6 Å². The van der Waals surface area contributed by atoms with E-state index in [9.17, 15) is 10.1 Å². The first-order chi connectivity index (χ1) is 15.1. The molecule has 1 aromatic heterocycles. The van der Waals surface area contributed by atoms with Crippen molar-refractivity contribution in [1.29, 1.82) is 5.26 Å². The lowest BCUT2D eigenvalue weighted by Gasteiger charge is -2.24. The maximum atomic E-state index is 12.9. The van der Waals surface area contributed by atoms with Crippen molar-refractivity contribution in [3.63, 3.8) is 0 Å². The molecule has 0 saturated carbocycles. The van der Waals surface area contributed by atoms with Gasteiger partial charge in [-0.1, -0.05) is 0 Å².